The van der Waals surface area contributed by atoms with Gasteiger partial charge in [-0.15, -0.1) is 0 Å². The first kappa shape index (κ1) is 44.7. The van der Waals surface area contributed by atoms with Crippen LogP contribution in [0.15, 0.2) is 249 Å². The van der Waals surface area contributed by atoms with Gasteiger partial charge in [-0.05, 0) is 87.0 Å². The number of hydrogen-bond donors (Lipinski definition) is 0. The first-order valence-electron chi connectivity index (χ1n) is 25.7. The zero-order chi connectivity index (χ0) is 50.7. The molecule has 0 spiro atoms. The van der Waals surface area contributed by atoms with Crippen LogP contribution in [0.3, 0.4) is 0 Å². The van der Waals surface area contributed by atoms with Gasteiger partial charge in [0.2, 0.25) is 0 Å². The molecule has 0 N–H and O–H groups in total. The molecule has 7 heteroatoms. The summed E-state index contributed by atoms with van der Waals surface area (Å²) in [5, 5.41) is 2.44. The van der Waals surface area contributed by atoms with Crippen LogP contribution >= 0.6 is 0 Å². The van der Waals surface area contributed by atoms with E-state index in [1.807, 2.05) is 84.9 Å². The van der Waals surface area contributed by atoms with E-state index >= 15 is 0 Å². The number of benzene rings is 10. The van der Waals surface area contributed by atoms with E-state index in [0.29, 0.717) is 34.9 Å². The highest BCUT2D eigenvalue weighted by Gasteiger charge is 2.36. The summed E-state index contributed by atoms with van der Waals surface area (Å²) in [5.41, 5.74) is 18.0. The Labute approximate surface area is 440 Å². The van der Waals surface area contributed by atoms with Crippen LogP contribution in [0, 0.1) is 0 Å². The number of nitrogens with zero attached hydrogens (tertiary/aromatic N) is 7. The van der Waals surface area contributed by atoms with Crippen molar-refractivity contribution in [1.29, 1.82) is 0 Å². The van der Waals surface area contributed by atoms with Gasteiger partial charge in [0.15, 0.2) is 34.9 Å². The van der Waals surface area contributed by atoms with E-state index in [1.165, 1.54) is 38.6 Å². The predicted molar refractivity (Wildman–Crippen MR) is 309 cm³/mol. The number of para-hydroxylation sites is 1. The van der Waals surface area contributed by atoms with E-state index in [0.717, 1.165) is 66.8 Å². The fourth-order valence-corrected chi connectivity index (χ4v) is 11.0. The highest BCUT2D eigenvalue weighted by Crippen LogP contribution is 2.50. The maximum atomic E-state index is 5.17. The maximum absolute atomic E-state index is 5.17. The monoisotopic (exact) mass is 973 g/mol. The molecule has 1 aliphatic heterocycles. The van der Waals surface area contributed by atoms with Gasteiger partial charge in [-0.1, -0.05) is 220 Å². The molecule has 0 atom stereocenters. The second-order valence-electron chi connectivity index (χ2n) is 19.9. The second-order valence-corrected chi connectivity index (χ2v) is 19.9. The normalized spacial score (nSPS) is 12.4. The number of aromatic nitrogens is 7. The van der Waals surface area contributed by atoms with Gasteiger partial charge in [-0.2, -0.15) is 0 Å². The van der Waals surface area contributed by atoms with E-state index in [2.05, 4.69) is 182 Å². The van der Waals surface area contributed by atoms with Crippen molar-refractivity contribution in [1.82, 2.24) is 34.5 Å². The molecule has 10 aromatic carbocycles. The van der Waals surface area contributed by atoms with Gasteiger partial charge in [-0.25, -0.2) is 29.9 Å². The molecule has 7 nitrogen and oxygen atoms in total. The fraction of sp³-hybridized carbons (Fsp3) is 0.0435. The first-order valence-corrected chi connectivity index (χ1v) is 25.7. The molecule has 0 radical (unpaired) electrons. The quantitative estimate of drug-likeness (QED) is 0.143. The van der Waals surface area contributed by atoms with Crippen molar-refractivity contribution >= 4 is 21.8 Å². The molecule has 0 unspecified atom stereocenters. The molecule has 0 aliphatic carbocycles. The standard InChI is InChI=1S/C69H47N7/c1-69(2)58-42-52(50-27-17-29-53(39-50)67-72-63(46-21-9-4-10-22-46)70-64(73-67)47-23-11-5-12-24-47)37-38-61(58)76-60-32-16-15-31-56(60)57-41-55(43-59(69)62(57)76)51-28-18-30-54(40-51)68-74-65(48-25-13-6-14-26-48)71-66(75-68)49-35-33-45(34-36-49)44-19-7-3-8-20-44/h3-43H,1-2H3. The molecule has 0 saturated heterocycles. The molecule has 14 rings (SSSR count). The topological polar surface area (TPSA) is 82.3 Å². The molecule has 0 amide bonds. The summed E-state index contributed by atoms with van der Waals surface area (Å²) in [6.45, 7) is 4.74. The first-order chi connectivity index (χ1) is 37.4. The second kappa shape index (κ2) is 18.2. The van der Waals surface area contributed by atoms with Gasteiger partial charge in [-0.3, -0.25) is 0 Å². The van der Waals surface area contributed by atoms with Crippen LogP contribution in [0.1, 0.15) is 25.0 Å². The van der Waals surface area contributed by atoms with Gasteiger partial charge in [0.1, 0.15) is 0 Å². The summed E-state index contributed by atoms with van der Waals surface area (Å²) in [6.07, 6.45) is 0. The van der Waals surface area contributed by atoms with Crippen molar-refractivity contribution in [3.8, 4) is 107 Å². The van der Waals surface area contributed by atoms with Crippen LogP contribution in [0.25, 0.3) is 129 Å². The van der Waals surface area contributed by atoms with E-state index in [4.69, 9.17) is 29.9 Å². The van der Waals surface area contributed by atoms with E-state index in [-0.39, 0.29) is 5.41 Å². The molecule has 3 aromatic heterocycles. The highest BCUT2D eigenvalue weighted by atomic mass is 15.0. The van der Waals surface area contributed by atoms with Crippen molar-refractivity contribution in [2.24, 2.45) is 0 Å². The molecule has 0 fully saturated rings. The molecular weight excluding hydrogens is 927 g/mol. The smallest absolute Gasteiger partial charge is 0.164 e. The van der Waals surface area contributed by atoms with Crippen LogP contribution in [0.5, 0.6) is 0 Å². The largest absolute Gasteiger partial charge is 0.309 e. The Morgan fingerprint density at radius 1 is 0.263 bits per heavy atom. The lowest BCUT2D eigenvalue weighted by molar-refractivity contribution is 0.630. The van der Waals surface area contributed by atoms with E-state index < -0.39 is 0 Å². The molecular formula is C69H47N7. The van der Waals surface area contributed by atoms with Crippen molar-refractivity contribution in [2.45, 2.75) is 19.3 Å². The molecule has 358 valence electrons. The third-order valence-corrected chi connectivity index (χ3v) is 14.9. The summed E-state index contributed by atoms with van der Waals surface area (Å²) >= 11 is 0. The van der Waals surface area contributed by atoms with E-state index in [9.17, 15) is 0 Å². The lowest BCUT2D eigenvalue weighted by Crippen LogP contribution is -2.26. The summed E-state index contributed by atoms with van der Waals surface area (Å²) in [4.78, 5) is 30.4. The van der Waals surface area contributed by atoms with Gasteiger partial charge in [0, 0.05) is 49.6 Å². The Balaban J connectivity index is 0.866. The fourth-order valence-electron chi connectivity index (χ4n) is 11.0. The van der Waals surface area contributed by atoms with Crippen LogP contribution in [-0.4, -0.2) is 34.5 Å². The van der Waals surface area contributed by atoms with Crippen molar-refractivity contribution in [3.63, 3.8) is 0 Å². The van der Waals surface area contributed by atoms with Crippen LogP contribution in [0.4, 0.5) is 0 Å². The number of hydrogen-bond acceptors (Lipinski definition) is 6. The minimum Gasteiger partial charge on any atom is -0.309 e. The van der Waals surface area contributed by atoms with Crippen molar-refractivity contribution in [2.75, 3.05) is 0 Å². The minimum absolute atomic E-state index is 0.383. The highest BCUT2D eigenvalue weighted by molar-refractivity contribution is 6.13. The Morgan fingerprint density at radius 3 is 1.14 bits per heavy atom. The lowest BCUT2D eigenvalue weighted by Gasteiger charge is -2.35. The average molecular weight is 974 g/mol. The molecule has 76 heavy (non-hydrogen) atoms. The van der Waals surface area contributed by atoms with Gasteiger partial charge < -0.3 is 4.57 Å². The lowest BCUT2D eigenvalue weighted by atomic mass is 9.73. The van der Waals surface area contributed by atoms with Gasteiger partial charge >= 0.3 is 0 Å². The van der Waals surface area contributed by atoms with Gasteiger partial charge in [0.25, 0.3) is 0 Å². The molecule has 4 heterocycles. The third-order valence-electron chi connectivity index (χ3n) is 14.9. The van der Waals surface area contributed by atoms with E-state index in [1.54, 1.807) is 0 Å². The molecule has 1 aliphatic rings. The zero-order valence-electron chi connectivity index (χ0n) is 41.8. The maximum Gasteiger partial charge on any atom is 0.164 e. The average Bonchev–Trinajstić information content (AvgIpc) is 4.02. The van der Waals surface area contributed by atoms with Crippen LogP contribution in [0.2, 0.25) is 0 Å². The molecule has 0 bridgehead atoms. The van der Waals surface area contributed by atoms with Crippen LogP contribution in [-0.2, 0) is 5.41 Å². The minimum atomic E-state index is -0.383. The van der Waals surface area contributed by atoms with Crippen molar-refractivity contribution < 1.29 is 0 Å². The molecule has 0 saturated carbocycles. The summed E-state index contributed by atoms with van der Waals surface area (Å²) in [7, 11) is 0. The zero-order valence-corrected chi connectivity index (χ0v) is 41.8. The Morgan fingerprint density at radius 2 is 0.618 bits per heavy atom. The summed E-state index contributed by atoms with van der Waals surface area (Å²) in [6, 6.07) is 87.1. The summed E-state index contributed by atoms with van der Waals surface area (Å²) < 4.78 is 2.48. The van der Waals surface area contributed by atoms with Gasteiger partial charge in [0.05, 0.1) is 16.7 Å². The Kier molecular flexibility index (Phi) is 10.7. The summed E-state index contributed by atoms with van der Waals surface area (Å²) in [5.74, 6) is 3.77. The van der Waals surface area contributed by atoms with Crippen LogP contribution < -0.4 is 0 Å². The SMILES string of the molecule is CC1(C)c2cc(-c3cccc(-c4nc(-c5ccccc5)nc(-c5ccccc5)n4)c3)ccc2-n2c3ccccc3c3cc(-c4cccc(-c5nc(-c6ccccc6)nc(-c6ccc(-c7ccccc7)cc6)n5)c4)cc1c32. The predicted octanol–water partition coefficient (Wildman–Crippen LogP) is 16.8. The number of rotatable bonds is 9. The van der Waals surface area contributed by atoms with Crippen molar-refractivity contribution in [3.05, 3.63) is 260 Å². The number of fused-ring (bicyclic) bond motifs is 5. The molecule has 13 aromatic rings. The third kappa shape index (κ3) is 7.85. The Bertz CT molecular complexity index is 4280. The Hall–Kier alpha value is -9.98.